The van der Waals surface area contributed by atoms with E-state index in [4.69, 9.17) is 0 Å². The van der Waals surface area contributed by atoms with E-state index in [9.17, 15) is 0 Å². The molecule has 0 N–H and O–H groups in total. The van der Waals surface area contributed by atoms with Gasteiger partial charge >= 0.3 is 0 Å². The molecule has 0 saturated carbocycles. The second-order valence-electron chi connectivity index (χ2n) is 44.3. The molecule has 0 amide bonds. The molecule has 3 saturated heterocycles. The van der Waals surface area contributed by atoms with E-state index in [1.165, 1.54) is 301 Å². The van der Waals surface area contributed by atoms with Crippen LogP contribution in [0.3, 0.4) is 0 Å². The topological polar surface area (TPSA) is 74.5 Å². The third-order valence-electron chi connectivity index (χ3n) is 34.4. The average molecular weight is 2050 g/mol. The Bertz CT molecular complexity index is 2540. The SMILES string of the molecule is CCN(CC)CCN(CC)C(CN(CC)CC)C(C)C.CCN(CC)CCN(CC)CC(C(C)C)N(CC)CC.CCN(CC)CCN(CC)CCN(CC)C(C)C(C)C.CCN(CC)CCN(CCN(CC)CC)C(C)C(C)C.CCN1CCN(CC)CC(C(C)C)N(CC)CC1.CCN1CCN(CC)CCN(C(C)C(C)C)CCN(CC)CC1.CCN1CCN(CC)CCN(CC)C(C(C)C)CN(CC)CC1. The number of hydrogen-bond acceptors (Lipinski definition) is 23. The highest BCUT2D eigenvalue weighted by atomic mass is 15.3. The number of likely N-dealkylation sites (N-methyl/N-ethyl adjacent to an activating group) is 21. The van der Waals surface area contributed by atoms with Crippen LogP contribution in [-0.4, -0.2) is 561 Å². The van der Waals surface area contributed by atoms with Crippen LogP contribution in [0, 0.1) is 41.4 Å². The summed E-state index contributed by atoms with van der Waals surface area (Å²) in [5.74, 6) is 5.08. The molecule has 0 aromatic heterocycles. The van der Waals surface area contributed by atoms with E-state index in [2.05, 4.69) is 424 Å². The van der Waals surface area contributed by atoms with E-state index in [-0.39, 0.29) is 0 Å². The minimum absolute atomic E-state index is 0.668. The Morgan fingerprint density at radius 3 is 0.639 bits per heavy atom. The van der Waals surface area contributed by atoms with Crippen molar-refractivity contribution in [2.45, 2.75) is 354 Å². The fourth-order valence-electron chi connectivity index (χ4n) is 20.8. The maximum Gasteiger partial charge on any atom is 0.0246 e. The van der Waals surface area contributed by atoms with Crippen molar-refractivity contribution in [3.63, 3.8) is 0 Å². The van der Waals surface area contributed by atoms with Crippen LogP contribution in [0.4, 0.5) is 0 Å². The molecule has 0 spiro atoms. The van der Waals surface area contributed by atoms with Gasteiger partial charge in [0.05, 0.1) is 0 Å². The van der Waals surface area contributed by atoms with Gasteiger partial charge in [-0.15, -0.1) is 0 Å². The lowest BCUT2D eigenvalue weighted by Gasteiger charge is -2.39. The maximum absolute atomic E-state index is 2.72. The first-order chi connectivity index (χ1) is 68.7. The standard InChI is InChI=1S/2C19H42N4.4C17H39N3.C15H33N3/c1-7-20-10-12-21(8-2)14-16-23(19(6)18(4)5)17-15-22(9-3)13-11-20;1-7-20-11-12-21(8-2)15-16-23(10-4)19(18(5)6)17-22(9-3)14-13-20;1-8-18(9-2)12-14-20(17(7)16(5)6)15-13-19(10-3)11-4;1-8-18(9-2)12-13-19(10-3)14-15-20(11-4)17(7)16(5)6;1-8-18(9-2)13-14-19(10-3)15-17(16(6)7)20(11-4)12-5;1-8-18(9-2)13-14-20(12-5)17(16(6)7)15-19(10-3)11-4;1-6-16-9-10-17(7-2)13-15(14(4)5)18(8-3)12-11-16/h2*18-19H,7-17H2,1-6H3;4*16-17H,8-15H2,1-7H3;14-15H,6-13H2,1-5H3. The maximum atomic E-state index is 2.72. The van der Waals surface area contributed by atoms with E-state index in [0.29, 0.717) is 54.1 Å². The molecule has 23 heteroatoms. The van der Waals surface area contributed by atoms with Gasteiger partial charge in [-0.2, -0.15) is 0 Å². The summed E-state index contributed by atoms with van der Waals surface area (Å²) in [7, 11) is 0. The van der Waals surface area contributed by atoms with Crippen LogP contribution in [0.5, 0.6) is 0 Å². The van der Waals surface area contributed by atoms with Gasteiger partial charge < -0.3 is 78.4 Å². The van der Waals surface area contributed by atoms with Crippen molar-refractivity contribution < 1.29 is 0 Å². The van der Waals surface area contributed by atoms with Gasteiger partial charge in [-0.3, -0.25) is 34.3 Å². The first kappa shape index (κ1) is 149. The predicted octanol–water partition coefficient (Wildman–Crippen LogP) is 18.7. The molecule has 3 aliphatic rings. The van der Waals surface area contributed by atoms with E-state index in [0.717, 1.165) is 134 Å². The first-order valence-corrected chi connectivity index (χ1v) is 62.5. The summed E-state index contributed by atoms with van der Waals surface area (Å²) in [6, 6.07) is 4.77. The predicted molar refractivity (Wildman–Crippen MR) is 650 cm³/mol. The highest BCUT2D eigenvalue weighted by Crippen LogP contribution is 2.21. The van der Waals surface area contributed by atoms with Crippen LogP contribution in [0.15, 0.2) is 0 Å². The normalized spacial score (nSPS) is 18.8. The highest BCUT2D eigenvalue weighted by molar-refractivity contribution is 4.87. The minimum Gasteiger partial charge on any atom is -0.303 e. The summed E-state index contributed by atoms with van der Waals surface area (Å²) in [5.41, 5.74) is 0. The third-order valence-corrected chi connectivity index (χ3v) is 34.4. The third kappa shape index (κ3) is 67.8. The average Bonchev–Trinajstić information content (AvgIpc) is 1.21. The Morgan fingerprint density at radius 1 is 0.181 bits per heavy atom. The Hall–Kier alpha value is -0.920. The number of nitrogens with zero attached hydrogens (tertiary/aromatic N) is 23. The Labute approximate surface area is 908 Å². The van der Waals surface area contributed by atoms with Crippen LogP contribution in [0.1, 0.15) is 312 Å². The monoisotopic (exact) mass is 2050 g/mol. The summed E-state index contributed by atoms with van der Waals surface area (Å²) in [6.45, 7) is 178. The smallest absolute Gasteiger partial charge is 0.0246 e. The zero-order valence-electron chi connectivity index (χ0n) is 107. The van der Waals surface area contributed by atoms with Gasteiger partial charge in [0.25, 0.3) is 0 Å². The van der Waals surface area contributed by atoms with Gasteiger partial charge in [0.2, 0.25) is 0 Å². The molecule has 23 nitrogen and oxygen atoms in total. The van der Waals surface area contributed by atoms with Crippen molar-refractivity contribution in [1.82, 2.24) is 113 Å². The van der Waals surface area contributed by atoms with E-state index >= 15 is 0 Å². The second kappa shape index (κ2) is 95.5. The molecule has 3 aliphatic heterocycles. The molecular formula is C121H273N23. The second-order valence-corrected chi connectivity index (χ2v) is 44.3. The minimum atomic E-state index is 0.668. The highest BCUT2D eigenvalue weighted by Gasteiger charge is 2.31. The fraction of sp³-hybridized carbons (Fsp3) is 1.00. The zero-order valence-corrected chi connectivity index (χ0v) is 107. The molecule has 872 valence electrons. The van der Waals surface area contributed by atoms with Crippen molar-refractivity contribution in [2.24, 2.45) is 41.4 Å². The molecule has 7 unspecified atom stereocenters. The summed E-state index contributed by atoms with van der Waals surface area (Å²) in [6.07, 6.45) is 0. The Balaban J connectivity index is -0.000000795. The molecule has 0 aromatic carbocycles. The zero-order chi connectivity index (χ0) is 110. The first-order valence-electron chi connectivity index (χ1n) is 62.5. The van der Waals surface area contributed by atoms with Gasteiger partial charge in [-0.25, -0.2) is 0 Å². The van der Waals surface area contributed by atoms with Crippen molar-refractivity contribution in [2.75, 3.05) is 406 Å². The van der Waals surface area contributed by atoms with Crippen LogP contribution < -0.4 is 0 Å². The van der Waals surface area contributed by atoms with Gasteiger partial charge in [0.15, 0.2) is 0 Å². The molecule has 144 heavy (non-hydrogen) atoms. The van der Waals surface area contributed by atoms with Crippen molar-refractivity contribution in [3.8, 4) is 0 Å². The Kier molecular flexibility index (Phi) is 99.0. The molecule has 3 rings (SSSR count). The molecule has 7 atom stereocenters. The molecule has 3 fully saturated rings. The summed E-state index contributed by atoms with van der Waals surface area (Å²) in [5, 5.41) is 0. The van der Waals surface area contributed by atoms with Crippen LogP contribution in [0.2, 0.25) is 0 Å². The molecule has 0 aliphatic carbocycles. The van der Waals surface area contributed by atoms with E-state index < -0.39 is 0 Å². The molecular weight excluding hydrogens is 1780 g/mol. The van der Waals surface area contributed by atoms with Crippen molar-refractivity contribution >= 4 is 0 Å². The molecule has 0 radical (unpaired) electrons. The van der Waals surface area contributed by atoms with Gasteiger partial charge in [-0.1, -0.05) is 291 Å². The van der Waals surface area contributed by atoms with Crippen LogP contribution in [-0.2, 0) is 0 Å². The lowest BCUT2D eigenvalue weighted by Crippen LogP contribution is -2.51. The molecule has 0 bridgehead atoms. The largest absolute Gasteiger partial charge is 0.303 e. The van der Waals surface area contributed by atoms with Crippen LogP contribution >= 0.6 is 0 Å². The summed E-state index contributed by atoms with van der Waals surface area (Å²) in [4.78, 5) is 60.1. The quantitative estimate of drug-likeness (QED) is 0.0579. The number of rotatable bonds is 62. The summed E-state index contributed by atoms with van der Waals surface area (Å²) >= 11 is 0. The molecule has 3 heterocycles. The van der Waals surface area contributed by atoms with Gasteiger partial charge in [0, 0.05) is 265 Å². The lowest BCUT2D eigenvalue weighted by molar-refractivity contribution is 0.0837. The molecule has 0 aromatic rings. The van der Waals surface area contributed by atoms with Crippen molar-refractivity contribution in [1.29, 1.82) is 0 Å². The Morgan fingerprint density at radius 2 is 0.396 bits per heavy atom. The lowest BCUT2D eigenvalue weighted by atomic mass is 10.0. The van der Waals surface area contributed by atoms with Crippen LogP contribution in [0.25, 0.3) is 0 Å². The van der Waals surface area contributed by atoms with E-state index in [1.54, 1.807) is 0 Å². The summed E-state index contributed by atoms with van der Waals surface area (Å²) < 4.78 is 0. The fourth-order valence-corrected chi connectivity index (χ4v) is 20.8. The van der Waals surface area contributed by atoms with Crippen molar-refractivity contribution in [3.05, 3.63) is 0 Å². The number of hydrogen-bond donors (Lipinski definition) is 0. The van der Waals surface area contributed by atoms with Gasteiger partial charge in [0.1, 0.15) is 0 Å². The van der Waals surface area contributed by atoms with E-state index in [1.807, 2.05) is 0 Å². The van der Waals surface area contributed by atoms with Gasteiger partial charge in [-0.05, 0) is 245 Å².